The van der Waals surface area contributed by atoms with Crippen molar-refractivity contribution in [3.63, 3.8) is 0 Å². The molecule has 0 fully saturated rings. The lowest BCUT2D eigenvalue weighted by atomic mass is 10.2. The summed E-state index contributed by atoms with van der Waals surface area (Å²) in [5.74, 6) is 1.25. The van der Waals surface area contributed by atoms with Crippen molar-refractivity contribution in [1.82, 2.24) is 0 Å². The third-order valence-electron chi connectivity index (χ3n) is 2.53. The molecule has 2 rings (SSSR count). The fourth-order valence-corrected chi connectivity index (χ4v) is 1.85. The van der Waals surface area contributed by atoms with Gasteiger partial charge in [0.1, 0.15) is 11.5 Å². The molecule has 0 saturated heterocycles. The molecule has 0 aliphatic carbocycles. The van der Waals surface area contributed by atoms with E-state index in [-0.39, 0.29) is 0 Å². The minimum atomic E-state index is 0.616. The summed E-state index contributed by atoms with van der Waals surface area (Å²) in [6, 6.07) is 11.3. The van der Waals surface area contributed by atoms with Gasteiger partial charge < -0.3 is 4.74 Å². The lowest BCUT2D eigenvalue weighted by Crippen LogP contribution is -1.89. The zero-order valence-corrected chi connectivity index (χ0v) is 11.1. The van der Waals surface area contributed by atoms with Crippen molar-refractivity contribution in [3.05, 3.63) is 57.6 Å². The first-order chi connectivity index (χ1) is 8.09. The van der Waals surface area contributed by atoms with Crippen molar-refractivity contribution < 1.29 is 4.74 Å². The van der Waals surface area contributed by atoms with Crippen LogP contribution in [0.4, 0.5) is 0 Å². The van der Waals surface area contributed by atoms with Gasteiger partial charge in [0, 0.05) is 0 Å². The van der Waals surface area contributed by atoms with Gasteiger partial charge in [-0.2, -0.15) is 0 Å². The standard InChI is InChI=1S/C14H12Cl2O/c1-9-5-3-7-11(13(9)15)17-12-8-4-6-10(2)14(12)16/h3-8H,1-2H3. The summed E-state index contributed by atoms with van der Waals surface area (Å²) in [6.45, 7) is 3.88. The maximum Gasteiger partial charge on any atom is 0.146 e. The van der Waals surface area contributed by atoms with Crippen molar-refractivity contribution in [2.45, 2.75) is 13.8 Å². The number of ether oxygens (including phenoxy) is 1. The summed E-state index contributed by atoms with van der Waals surface area (Å²) in [5, 5.41) is 1.23. The quantitative estimate of drug-likeness (QED) is 0.707. The molecule has 0 aromatic heterocycles. The van der Waals surface area contributed by atoms with Crippen LogP contribution in [0.1, 0.15) is 11.1 Å². The van der Waals surface area contributed by atoms with Gasteiger partial charge in [-0.1, -0.05) is 47.5 Å². The number of aryl methyl sites for hydroxylation is 2. The van der Waals surface area contributed by atoms with Crippen molar-refractivity contribution in [3.8, 4) is 11.5 Å². The molecule has 1 nitrogen and oxygen atoms in total. The minimum Gasteiger partial charge on any atom is -0.454 e. The first kappa shape index (κ1) is 12.3. The van der Waals surface area contributed by atoms with Gasteiger partial charge in [-0.3, -0.25) is 0 Å². The number of rotatable bonds is 2. The van der Waals surface area contributed by atoms with Crippen molar-refractivity contribution >= 4 is 23.2 Å². The van der Waals surface area contributed by atoms with Gasteiger partial charge in [0.15, 0.2) is 0 Å². The van der Waals surface area contributed by atoms with E-state index in [1.165, 1.54) is 0 Å². The van der Waals surface area contributed by atoms with E-state index in [1.807, 2.05) is 50.2 Å². The Morgan fingerprint density at radius 3 is 1.59 bits per heavy atom. The molecule has 0 aliphatic rings. The second-order valence-corrected chi connectivity index (χ2v) is 4.63. The van der Waals surface area contributed by atoms with Crippen molar-refractivity contribution in [2.24, 2.45) is 0 Å². The smallest absolute Gasteiger partial charge is 0.146 e. The summed E-state index contributed by atoms with van der Waals surface area (Å²) in [7, 11) is 0. The normalized spacial score (nSPS) is 10.4. The van der Waals surface area contributed by atoms with Crippen LogP contribution in [0.15, 0.2) is 36.4 Å². The average molecular weight is 267 g/mol. The highest BCUT2D eigenvalue weighted by Crippen LogP contribution is 2.35. The molecule has 88 valence electrons. The Bertz CT molecular complexity index is 500. The molecule has 0 aliphatic heterocycles. The molecule has 0 N–H and O–H groups in total. The number of hydrogen-bond acceptors (Lipinski definition) is 1. The zero-order valence-electron chi connectivity index (χ0n) is 9.63. The third-order valence-corrected chi connectivity index (χ3v) is 3.50. The van der Waals surface area contributed by atoms with Gasteiger partial charge in [0.25, 0.3) is 0 Å². The van der Waals surface area contributed by atoms with Crippen LogP contribution in [0.25, 0.3) is 0 Å². The molecule has 17 heavy (non-hydrogen) atoms. The van der Waals surface area contributed by atoms with Crippen LogP contribution >= 0.6 is 23.2 Å². The highest BCUT2D eigenvalue weighted by Gasteiger charge is 2.08. The molecule has 2 aromatic rings. The minimum absolute atomic E-state index is 0.616. The van der Waals surface area contributed by atoms with Crippen LogP contribution in [0.2, 0.25) is 10.0 Å². The molecular formula is C14H12Cl2O. The van der Waals surface area contributed by atoms with Crippen LogP contribution in [0, 0.1) is 13.8 Å². The van der Waals surface area contributed by atoms with Gasteiger partial charge in [-0.25, -0.2) is 0 Å². The predicted octanol–water partition coefficient (Wildman–Crippen LogP) is 5.40. The van der Waals surface area contributed by atoms with E-state index in [2.05, 4.69) is 0 Å². The van der Waals surface area contributed by atoms with Gasteiger partial charge in [-0.05, 0) is 37.1 Å². The fraction of sp³-hybridized carbons (Fsp3) is 0.143. The molecule has 0 saturated carbocycles. The van der Waals surface area contributed by atoms with Crippen LogP contribution in [0.5, 0.6) is 11.5 Å². The van der Waals surface area contributed by atoms with E-state index < -0.39 is 0 Å². The van der Waals surface area contributed by atoms with E-state index in [9.17, 15) is 0 Å². The third kappa shape index (κ3) is 2.56. The second kappa shape index (κ2) is 4.99. The molecular weight excluding hydrogens is 255 g/mol. The predicted molar refractivity (Wildman–Crippen MR) is 72.5 cm³/mol. The second-order valence-electron chi connectivity index (χ2n) is 3.88. The Morgan fingerprint density at radius 1 is 0.765 bits per heavy atom. The van der Waals surface area contributed by atoms with E-state index >= 15 is 0 Å². The monoisotopic (exact) mass is 266 g/mol. The Labute approximate surface area is 111 Å². The fourth-order valence-electron chi connectivity index (χ4n) is 1.52. The van der Waals surface area contributed by atoms with Crippen LogP contribution < -0.4 is 4.74 Å². The molecule has 3 heteroatoms. The number of benzene rings is 2. The van der Waals surface area contributed by atoms with E-state index in [1.54, 1.807) is 0 Å². The van der Waals surface area contributed by atoms with E-state index in [0.717, 1.165) is 11.1 Å². The average Bonchev–Trinajstić information content (AvgIpc) is 2.31. The summed E-state index contributed by atoms with van der Waals surface area (Å²) < 4.78 is 5.74. The van der Waals surface area contributed by atoms with Crippen molar-refractivity contribution in [1.29, 1.82) is 0 Å². The first-order valence-electron chi connectivity index (χ1n) is 5.27. The molecule has 0 radical (unpaired) electrons. The van der Waals surface area contributed by atoms with Gasteiger partial charge >= 0.3 is 0 Å². The van der Waals surface area contributed by atoms with Crippen LogP contribution in [0.3, 0.4) is 0 Å². The molecule has 0 unspecified atom stereocenters. The number of halogens is 2. The van der Waals surface area contributed by atoms with E-state index in [0.29, 0.717) is 21.5 Å². The Kier molecular flexibility index (Phi) is 3.60. The van der Waals surface area contributed by atoms with Crippen LogP contribution in [-0.2, 0) is 0 Å². The lowest BCUT2D eigenvalue weighted by Gasteiger charge is -2.11. The Balaban J connectivity index is 2.38. The Hall–Kier alpha value is -1.18. The van der Waals surface area contributed by atoms with Crippen LogP contribution in [-0.4, -0.2) is 0 Å². The maximum absolute atomic E-state index is 6.17. The Morgan fingerprint density at radius 2 is 1.18 bits per heavy atom. The molecule has 2 aromatic carbocycles. The van der Waals surface area contributed by atoms with E-state index in [4.69, 9.17) is 27.9 Å². The summed E-state index contributed by atoms with van der Waals surface area (Å²) in [5.41, 5.74) is 1.96. The summed E-state index contributed by atoms with van der Waals surface area (Å²) in [4.78, 5) is 0. The molecule has 0 bridgehead atoms. The lowest BCUT2D eigenvalue weighted by molar-refractivity contribution is 0.482. The first-order valence-corrected chi connectivity index (χ1v) is 6.03. The highest BCUT2D eigenvalue weighted by molar-refractivity contribution is 6.33. The topological polar surface area (TPSA) is 9.23 Å². The van der Waals surface area contributed by atoms with Crippen molar-refractivity contribution in [2.75, 3.05) is 0 Å². The highest BCUT2D eigenvalue weighted by atomic mass is 35.5. The summed E-state index contributed by atoms with van der Waals surface area (Å²) >= 11 is 12.3. The van der Waals surface area contributed by atoms with Gasteiger partial charge in [-0.15, -0.1) is 0 Å². The SMILES string of the molecule is Cc1cccc(Oc2cccc(C)c2Cl)c1Cl. The molecule has 0 spiro atoms. The largest absolute Gasteiger partial charge is 0.454 e. The number of hydrogen-bond donors (Lipinski definition) is 0. The van der Waals surface area contributed by atoms with Gasteiger partial charge in [0.2, 0.25) is 0 Å². The van der Waals surface area contributed by atoms with Gasteiger partial charge in [0.05, 0.1) is 10.0 Å². The maximum atomic E-state index is 6.17. The molecule has 0 atom stereocenters. The zero-order chi connectivity index (χ0) is 12.4. The summed E-state index contributed by atoms with van der Waals surface area (Å²) in [6.07, 6.45) is 0. The molecule has 0 amide bonds. The molecule has 0 heterocycles.